The van der Waals surface area contributed by atoms with Gasteiger partial charge in [0, 0.05) is 17.3 Å². The van der Waals surface area contributed by atoms with Crippen molar-refractivity contribution in [2.45, 2.75) is 44.9 Å². The first-order chi connectivity index (χ1) is 8.14. The van der Waals surface area contributed by atoms with Crippen molar-refractivity contribution in [3.63, 3.8) is 0 Å². The summed E-state index contributed by atoms with van der Waals surface area (Å²) >= 11 is 1.60. The second kappa shape index (κ2) is 5.82. The number of carbonyl (C=O) groups excluding carboxylic acids is 1. The zero-order chi connectivity index (χ0) is 14.0. The third-order valence-electron chi connectivity index (χ3n) is 2.94. The standard InChI is InChI=1S/C12H23NO3S2/c1-5-13(10-6-7-18(15,16)9-10)11(14)8-17-12(2,3)4/h10H,5-9H2,1-4H3. The lowest BCUT2D eigenvalue weighted by Gasteiger charge is -2.28. The monoisotopic (exact) mass is 293 g/mol. The fraction of sp³-hybridized carbons (Fsp3) is 0.917. The minimum atomic E-state index is -2.93. The fourth-order valence-electron chi connectivity index (χ4n) is 2.02. The molecular weight excluding hydrogens is 270 g/mol. The van der Waals surface area contributed by atoms with Crippen molar-refractivity contribution in [1.29, 1.82) is 0 Å². The minimum Gasteiger partial charge on any atom is -0.338 e. The maximum Gasteiger partial charge on any atom is 0.232 e. The van der Waals surface area contributed by atoms with Crippen LogP contribution in [0.3, 0.4) is 0 Å². The van der Waals surface area contributed by atoms with Gasteiger partial charge in [-0.05, 0) is 13.3 Å². The molecule has 0 aromatic carbocycles. The van der Waals surface area contributed by atoms with Crippen molar-refractivity contribution in [2.24, 2.45) is 0 Å². The number of carbonyl (C=O) groups is 1. The summed E-state index contributed by atoms with van der Waals surface area (Å²) in [5, 5.41) is 0. The number of sulfone groups is 1. The van der Waals surface area contributed by atoms with Crippen molar-refractivity contribution in [1.82, 2.24) is 4.90 Å². The van der Waals surface area contributed by atoms with Gasteiger partial charge in [-0.1, -0.05) is 20.8 Å². The van der Waals surface area contributed by atoms with Gasteiger partial charge in [0.2, 0.25) is 5.91 Å². The summed E-state index contributed by atoms with van der Waals surface area (Å²) in [4.78, 5) is 13.9. The zero-order valence-electron chi connectivity index (χ0n) is 11.6. The smallest absolute Gasteiger partial charge is 0.232 e. The minimum absolute atomic E-state index is 0.0524. The summed E-state index contributed by atoms with van der Waals surface area (Å²) in [5.41, 5.74) is 0. The number of amides is 1. The van der Waals surface area contributed by atoms with Crippen LogP contribution in [0.5, 0.6) is 0 Å². The highest BCUT2D eigenvalue weighted by molar-refractivity contribution is 8.01. The molecular formula is C12H23NO3S2. The molecule has 0 aliphatic carbocycles. The van der Waals surface area contributed by atoms with Crippen LogP contribution in [-0.2, 0) is 14.6 Å². The summed E-state index contributed by atoms with van der Waals surface area (Å²) in [6.45, 7) is 8.71. The molecule has 0 aromatic rings. The predicted molar refractivity (Wildman–Crippen MR) is 76.7 cm³/mol. The second-order valence-corrected chi connectivity index (χ2v) is 9.67. The molecule has 1 fully saturated rings. The van der Waals surface area contributed by atoms with Gasteiger partial charge >= 0.3 is 0 Å². The Kier molecular flexibility index (Phi) is 5.12. The fourth-order valence-corrected chi connectivity index (χ4v) is 4.47. The summed E-state index contributed by atoms with van der Waals surface area (Å²) in [6.07, 6.45) is 0.585. The molecule has 4 nitrogen and oxygen atoms in total. The maximum absolute atomic E-state index is 12.1. The maximum atomic E-state index is 12.1. The molecule has 0 spiro atoms. The molecule has 1 rings (SSSR count). The van der Waals surface area contributed by atoms with Gasteiger partial charge in [0.1, 0.15) is 0 Å². The van der Waals surface area contributed by atoms with E-state index in [0.29, 0.717) is 18.7 Å². The molecule has 6 heteroatoms. The van der Waals surface area contributed by atoms with E-state index in [-0.39, 0.29) is 28.2 Å². The molecule has 1 aliphatic heterocycles. The van der Waals surface area contributed by atoms with Gasteiger partial charge in [0.05, 0.1) is 17.3 Å². The van der Waals surface area contributed by atoms with Crippen LogP contribution in [0.15, 0.2) is 0 Å². The van der Waals surface area contributed by atoms with E-state index in [1.807, 2.05) is 6.92 Å². The molecule has 0 saturated carbocycles. The van der Waals surface area contributed by atoms with E-state index in [4.69, 9.17) is 0 Å². The van der Waals surface area contributed by atoms with Gasteiger partial charge in [-0.15, -0.1) is 11.8 Å². The molecule has 1 saturated heterocycles. The van der Waals surface area contributed by atoms with Crippen molar-refractivity contribution in [2.75, 3.05) is 23.8 Å². The molecule has 0 bridgehead atoms. The SMILES string of the molecule is CCN(C(=O)CSC(C)(C)C)C1CCS(=O)(=O)C1. The molecule has 1 unspecified atom stereocenters. The van der Waals surface area contributed by atoms with Gasteiger partial charge < -0.3 is 4.90 Å². The lowest BCUT2D eigenvalue weighted by Crippen LogP contribution is -2.42. The average molecular weight is 293 g/mol. The molecule has 1 amide bonds. The van der Waals surface area contributed by atoms with Crippen LogP contribution in [0.1, 0.15) is 34.1 Å². The van der Waals surface area contributed by atoms with Crippen LogP contribution in [0.25, 0.3) is 0 Å². The van der Waals surface area contributed by atoms with Crippen molar-refractivity contribution in [3.05, 3.63) is 0 Å². The van der Waals surface area contributed by atoms with E-state index >= 15 is 0 Å². The molecule has 0 aromatic heterocycles. The van der Waals surface area contributed by atoms with Crippen LogP contribution < -0.4 is 0 Å². The van der Waals surface area contributed by atoms with Crippen LogP contribution in [0, 0.1) is 0 Å². The van der Waals surface area contributed by atoms with Gasteiger partial charge in [-0.2, -0.15) is 0 Å². The normalized spacial score (nSPS) is 23.0. The third-order valence-corrected chi connectivity index (χ3v) is 5.95. The van der Waals surface area contributed by atoms with Gasteiger partial charge in [-0.25, -0.2) is 8.42 Å². The highest BCUT2D eigenvalue weighted by Crippen LogP contribution is 2.25. The molecule has 0 radical (unpaired) electrons. The zero-order valence-corrected chi connectivity index (χ0v) is 13.2. The Morgan fingerprint density at radius 1 is 1.39 bits per heavy atom. The Hall–Kier alpha value is -0.230. The topological polar surface area (TPSA) is 54.5 Å². The van der Waals surface area contributed by atoms with Crippen molar-refractivity contribution in [3.8, 4) is 0 Å². The number of hydrogen-bond donors (Lipinski definition) is 0. The largest absolute Gasteiger partial charge is 0.338 e. The summed E-state index contributed by atoms with van der Waals surface area (Å²) < 4.78 is 23.0. The van der Waals surface area contributed by atoms with Crippen LogP contribution in [0.2, 0.25) is 0 Å². The van der Waals surface area contributed by atoms with Crippen LogP contribution in [-0.4, -0.2) is 53.8 Å². The first kappa shape index (κ1) is 15.8. The molecule has 1 heterocycles. The van der Waals surface area contributed by atoms with Crippen molar-refractivity contribution >= 4 is 27.5 Å². The molecule has 106 valence electrons. The van der Waals surface area contributed by atoms with Crippen LogP contribution >= 0.6 is 11.8 Å². The van der Waals surface area contributed by atoms with E-state index in [1.165, 1.54) is 0 Å². The number of hydrogen-bond acceptors (Lipinski definition) is 4. The third kappa shape index (κ3) is 4.80. The van der Waals surface area contributed by atoms with E-state index in [2.05, 4.69) is 20.8 Å². The predicted octanol–water partition coefficient (Wildman–Crippen LogP) is 1.55. The molecule has 1 aliphatic rings. The number of thioether (sulfide) groups is 1. The highest BCUT2D eigenvalue weighted by atomic mass is 32.2. The summed E-state index contributed by atoms with van der Waals surface area (Å²) in [6, 6.07) is -0.118. The van der Waals surface area contributed by atoms with E-state index in [0.717, 1.165) is 0 Å². The quantitative estimate of drug-likeness (QED) is 0.789. The van der Waals surface area contributed by atoms with E-state index < -0.39 is 9.84 Å². The number of rotatable bonds is 4. The first-order valence-electron chi connectivity index (χ1n) is 6.28. The van der Waals surface area contributed by atoms with Gasteiger partial charge in [0.25, 0.3) is 0 Å². The molecule has 1 atom stereocenters. The Bertz CT molecular complexity index is 398. The first-order valence-corrected chi connectivity index (χ1v) is 9.09. The Morgan fingerprint density at radius 2 is 2.00 bits per heavy atom. The molecule has 0 N–H and O–H groups in total. The van der Waals surface area contributed by atoms with E-state index in [9.17, 15) is 13.2 Å². The Balaban J connectivity index is 2.59. The van der Waals surface area contributed by atoms with Crippen LogP contribution in [0.4, 0.5) is 0 Å². The van der Waals surface area contributed by atoms with E-state index in [1.54, 1.807) is 16.7 Å². The van der Waals surface area contributed by atoms with Crippen molar-refractivity contribution < 1.29 is 13.2 Å². The average Bonchev–Trinajstić information content (AvgIpc) is 2.56. The van der Waals surface area contributed by atoms with Gasteiger partial charge in [0.15, 0.2) is 9.84 Å². The summed E-state index contributed by atoms with van der Waals surface area (Å²) in [5.74, 6) is 0.827. The number of nitrogens with zero attached hydrogens (tertiary/aromatic N) is 1. The Labute approximate surface area is 114 Å². The summed E-state index contributed by atoms with van der Waals surface area (Å²) in [7, 11) is -2.93. The molecule has 18 heavy (non-hydrogen) atoms. The highest BCUT2D eigenvalue weighted by Gasteiger charge is 2.34. The second-order valence-electron chi connectivity index (χ2n) is 5.64. The lowest BCUT2D eigenvalue weighted by molar-refractivity contribution is -0.129. The lowest BCUT2D eigenvalue weighted by atomic mass is 10.2. The van der Waals surface area contributed by atoms with Gasteiger partial charge in [-0.3, -0.25) is 4.79 Å². The Morgan fingerprint density at radius 3 is 2.39 bits per heavy atom.